The second-order valence-electron chi connectivity index (χ2n) is 5.56. The van der Waals surface area contributed by atoms with Crippen molar-refractivity contribution >= 4 is 28.6 Å². The fraction of sp³-hybridized carbons (Fsp3) is 0.316. The van der Waals surface area contributed by atoms with E-state index in [-0.39, 0.29) is 19.4 Å². The summed E-state index contributed by atoms with van der Waals surface area (Å²) in [7, 11) is 2.47. The van der Waals surface area contributed by atoms with E-state index in [0.29, 0.717) is 5.75 Å². The third kappa shape index (κ3) is 5.47. The second kappa shape index (κ2) is 9.41. The van der Waals surface area contributed by atoms with Crippen LogP contribution in [0.5, 0.6) is 5.75 Å². The lowest BCUT2D eigenvalue weighted by atomic mass is 10.1. The van der Waals surface area contributed by atoms with Gasteiger partial charge in [0, 0.05) is 6.42 Å². The Morgan fingerprint density at radius 2 is 1.73 bits per heavy atom. The molecule has 0 spiro atoms. The number of rotatable bonds is 8. The Hall–Kier alpha value is -3.09. The average Bonchev–Trinajstić information content (AvgIpc) is 2.68. The second-order valence-corrected chi connectivity index (χ2v) is 5.56. The highest BCUT2D eigenvalue weighted by molar-refractivity contribution is 5.86. The lowest BCUT2D eigenvalue weighted by Crippen LogP contribution is -2.43. The lowest BCUT2D eigenvalue weighted by Gasteiger charge is -2.16. The molecule has 0 fully saturated rings. The largest absolute Gasteiger partial charge is 0.484 e. The van der Waals surface area contributed by atoms with Crippen molar-refractivity contribution in [1.82, 2.24) is 5.32 Å². The molecule has 0 aromatic heterocycles. The molecule has 0 saturated carbocycles. The minimum Gasteiger partial charge on any atom is -0.484 e. The molecule has 2 aromatic carbocycles. The van der Waals surface area contributed by atoms with E-state index in [1.807, 2.05) is 36.4 Å². The zero-order chi connectivity index (χ0) is 18.9. The quantitative estimate of drug-likeness (QED) is 0.723. The van der Waals surface area contributed by atoms with Crippen LogP contribution in [-0.4, -0.2) is 44.7 Å². The van der Waals surface area contributed by atoms with Crippen molar-refractivity contribution in [1.29, 1.82) is 0 Å². The van der Waals surface area contributed by atoms with Gasteiger partial charge in [0.2, 0.25) is 0 Å². The van der Waals surface area contributed by atoms with Crippen LogP contribution in [0.3, 0.4) is 0 Å². The van der Waals surface area contributed by atoms with Crippen LogP contribution in [0.25, 0.3) is 10.8 Å². The highest BCUT2D eigenvalue weighted by atomic mass is 16.5. The van der Waals surface area contributed by atoms with Crippen molar-refractivity contribution in [3.63, 3.8) is 0 Å². The summed E-state index contributed by atoms with van der Waals surface area (Å²) >= 11 is 0. The van der Waals surface area contributed by atoms with Gasteiger partial charge in [0.1, 0.15) is 11.8 Å². The minimum atomic E-state index is -0.938. The number of benzene rings is 2. The van der Waals surface area contributed by atoms with Gasteiger partial charge in [0.25, 0.3) is 5.91 Å². The van der Waals surface area contributed by atoms with Crippen LogP contribution in [-0.2, 0) is 23.9 Å². The number of fused-ring (bicyclic) bond motifs is 1. The van der Waals surface area contributed by atoms with Crippen molar-refractivity contribution in [2.75, 3.05) is 20.8 Å². The van der Waals surface area contributed by atoms with E-state index in [0.717, 1.165) is 10.8 Å². The molecule has 26 heavy (non-hydrogen) atoms. The molecular weight excluding hydrogens is 338 g/mol. The Bertz CT molecular complexity index is 788. The molecule has 7 heteroatoms. The van der Waals surface area contributed by atoms with Gasteiger partial charge >= 0.3 is 11.9 Å². The highest BCUT2D eigenvalue weighted by Crippen LogP contribution is 2.20. The Balaban J connectivity index is 1.91. The van der Waals surface area contributed by atoms with Crippen LogP contribution >= 0.6 is 0 Å². The predicted molar refractivity (Wildman–Crippen MR) is 94.6 cm³/mol. The molecule has 1 amide bonds. The Kier molecular flexibility index (Phi) is 6.96. The third-order valence-electron chi connectivity index (χ3n) is 3.78. The third-order valence-corrected chi connectivity index (χ3v) is 3.78. The van der Waals surface area contributed by atoms with Crippen LogP contribution in [0, 0.1) is 0 Å². The number of methoxy groups -OCH3 is 2. The number of hydrogen-bond donors (Lipinski definition) is 1. The normalized spacial score (nSPS) is 11.5. The van der Waals surface area contributed by atoms with Gasteiger partial charge in [-0.05, 0) is 29.3 Å². The lowest BCUT2D eigenvalue weighted by molar-refractivity contribution is -0.146. The van der Waals surface area contributed by atoms with Gasteiger partial charge < -0.3 is 19.5 Å². The van der Waals surface area contributed by atoms with Crippen LogP contribution < -0.4 is 10.1 Å². The molecule has 0 heterocycles. The van der Waals surface area contributed by atoms with E-state index in [9.17, 15) is 14.4 Å². The molecule has 0 saturated heterocycles. The summed E-state index contributed by atoms with van der Waals surface area (Å²) in [6.07, 6.45) is 0.0726. The van der Waals surface area contributed by atoms with Crippen molar-refractivity contribution in [3.05, 3.63) is 42.5 Å². The summed E-state index contributed by atoms with van der Waals surface area (Å²) in [6, 6.07) is 12.3. The van der Waals surface area contributed by atoms with Gasteiger partial charge in [-0.15, -0.1) is 0 Å². The molecule has 1 N–H and O–H groups in total. The van der Waals surface area contributed by atoms with Gasteiger partial charge in [-0.3, -0.25) is 9.59 Å². The van der Waals surface area contributed by atoms with Crippen LogP contribution in [0.1, 0.15) is 12.8 Å². The Morgan fingerprint density at radius 1 is 1.00 bits per heavy atom. The van der Waals surface area contributed by atoms with Gasteiger partial charge in [-0.2, -0.15) is 0 Å². The first-order valence-electron chi connectivity index (χ1n) is 8.09. The van der Waals surface area contributed by atoms with Crippen molar-refractivity contribution in [2.45, 2.75) is 18.9 Å². The highest BCUT2D eigenvalue weighted by Gasteiger charge is 2.22. The molecule has 7 nitrogen and oxygen atoms in total. The number of carbonyl (C=O) groups is 3. The van der Waals surface area contributed by atoms with Gasteiger partial charge in [-0.25, -0.2) is 4.79 Å². The first-order chi connectivity index (χ1) is 12.5. The summed E-state index contributed by atoms with van der Waals surface area (Å²) in [4.78, 5) is 35.0. The zero-order valence-corrected chi connectivity index (χ0v) is 14.7. The van der Waals surface area contributed by atoms with Gasteiger partial charge in [0.15, 0.2) is 6.61 Å². The van der Waals surface area contributed by atoms with E-state index in [1.165, 1.54) is 14.2 Å². The number of ether oxygens (including phenoxy) is 3. The molecule has 2 aromatic rings. The van der Waals surface area contributed by atoms with Crippen LogP contribution in [0.4, 0.5) is 0 Å². The first-order valence-corrected chi connectivity index (χ1v) is 8.09. The number of carbonyl (C=O) groups excluding carboxylic acids is 3. The van der Waals surface area contributed by atoms with Gasteiger partial charge in [-0.1, -0.05) is 30.3 Å². The smallest absolute Gasteiger partial charge is 0.328 e. The van der Waals surface area contributed by atoms with Gasteiger partial charge in [0.05, 0.1) is 14.2 Å². The molecular formula is C19H21NO6. The van der Waals surface area contributed by atoms with Crippen molar-refractivity contribution in [2.24, 2.45) is 0 Å². The summed E-state index contributed by atoms with van der Waals surface area (Å²) in [5, 5.41) is 4.57. The molecule has 0 aliphatic carbocycles. The molecule has 0 aliphatic rings. The molecule has 2 rings (SSSR count). The Morgan fingerprint density at radius 3 is 2.42 bits per heavy atom. The maximum atomic E-state index is 12.1. The van der Waals surface area contributed by atoms with Crippen LogP contribution in [0.15, 0.2) is 42.5 Å². The maximum absolute atomic E-state index is 12.1. The molecule has 0 aliphatic heterocycles. The van der Waals surface area contributed by atoms with Crippen LogP contribution in [0.2, 0.25) is 0 Å². The summed E-state index contributed by atoms with van der Waals surface area (Å²) < 4.78 is 14.7. The topological polar surface area (TPSA) is 90.9 Å². The monoisotopic (exact) mass is 359 g/mol. The number of esters is 2. The average molecular weight is 359 g/mol. The van der Waals surface area contributed by atoms with E-state index < -0.39 is 23.9 Å². The summed E-state index contributed by atoms with van der Waals surface area (Å²) in [6.45, 7) is -0.260. The standard InChI is InChI=1S/C19H21NO6/c1-24-18(22)10-9-16(19(23)25-2)20-17(21)12-26-15-8-7-13-5-3-4-6-14(13)11-15/h3-8,11,16H,9-10,12H2,1-2H3,(H,20,21)/t16-/m1/s1. The summed E-state index contributed by atoms with van der Waals surface area (Å²) in [5.74, 6) is -1.05. The number of amides is 1. The van der Waals surface area contributed by atoms with E-state index in [2.05, 4.69) is 14.8 Å². The Labute approximate surface area is 151 Å². The maximum Gasteiger partial charge on any atom is 0.328 e. The number of hydrogen-bond acceptors (Lipinski definition) is 6. The van der Waals surface area contributed by atoms with Crippen molar-refractivity contribution in [3.8, 4) is 5.75 Å². The molecule has 138 valence electrons. The molecule has 0 radical (unpaired) electrons. The minimum absolute atomic E-state index is 0.0118. The molecule has 1 atom stereocenters. The van der Waals surface area contributed by atoms with E-state index in [4.69, 9.17) is 4.74 Å². The number of nitrogens with one attached hydrogen (secondary N) is 1. The fourth-order valence-electron chi connectivity index (χ4n) is 2.40. The predicted octanol–water partition coefficient (Wildman–Crippen LogP) is 1.83. The van der Waals surface area contributed by atoms with E-state index >= 15 is 0 Å². The summed E-state index contributed by atoms with van der Waals surface area (Å²) in [5.41, 5.74) is 0. The zero-order valence-electron chi connectivity index (χ0n) is 14.7. The molecule has 0 bridgehead atoms. The SMILES string of the molecule is COC(=O)CC[C@@H](NC(=O)COc1ccc2ccccc2c1)C(=O)OC. The first kappa shape index (κ1) is 19.2. The molecule has 0 unspecified atom stereocenters. The van der Waals surface area contributed by atoms with E-state index in [1.54, 1.807) is 6.07 Å². The fourth-order valence-corrected chi connectivity index (χ4v) is 2.40. The van der Waals surface area contributed by atoms with Crippen molar-refractivity contribution < 1.29 is 28.6 Å².